The van der Waals surface area contributed by atoms with Crippen LogP contribution in [-0.2, 0) is 0 Å². The third kappa shape index (κ3) is 26.1. The van der Waals surface area contributed by atoms with Crippen LogP contribution in [-0.4, -0.2) is 173 Å². The van der Waals surface area contributed by atoms with Gasteiger partial charge in [-0.15, -0.1) is 0 Å². The number of benzene rings is 4. The number of hydrogen-bond donors (Lipinski definition) is 0. The Morgan fingerprint density at radius 2 is 0.290 bits per heavy atom. The van der Waals surface area contributed by atoms with Gasteiger partial charge in [0.25, 0.3) is 0 Å². The van der Waals surface area contributed by atoms with Crippen molar-refractivity contribution in [2.75, 3.05) is 0 Å². The summed E-state index contributed by atoms with van der Waals surface area (Å²) >= 11 is -2.43. The molecule has 16 heteroatoms. The molecule has 4 aromatic carbocycles. The smallest absolute Gasteiger partial charge is 0 e. The molecule has 0 N–H and O–H groups in total. The van der Waals surface area contributed by atoms with Crippen LogP contribution >= 0.6 is 0 Å². The zero-order valence-corrected chi connectivity index (χ0v) is 96.5. The van der Waals surface area contributed by atoms with Gasteiger partial charge in [0, 0.05) is 34.1 Å². The average Bonchev–Trinajstić information content (AvgIpc) is 0.736. The maximum absolute atomic E-state index is 2.94. The van der Waals surface area contributed by atoms with Crippen molar-refractivity contribution in [3.05, 3.63) is 115 Å². The number of hydrogen-bond acceptors (Lipinski definition) is 0. The molecule has 8 radical (unpaired) electrons. The van der Waals surface area contributed by atoms with Crippen molar-refractivity contribution in [3.8, 4) is 0 Å². The van der Waals surface area contributed by atoms with Gasteiger partial charge in [-0.1, -0.05) is 0 Å². The van der Waals surface area contributed by atoms with Crippen LogP contribution in [0.15, 0.2) is 48.5 Å². The third-order valence-corrected chi connectivity index (χ3v) is 86.7. The maximum atomic E-state index is 2.94. The van der Waals surface area contributed by atoms with E-state index in [9.17, 15) is 0 Å². The minimum Gasteiger partial charge on any atom is 0 e. The van der Waals surface area contributed by atoms with Gasteiger partial charge in [0.15, 0.2) is 0 Å². The SMILES string of the molecule is CC(C)c1cc(C(C)C)[c]([Sn][c]2c(C([Si](C)(C)C)[Si](C)(C)C)cc(C([Si](C)(C)C)[Si](C)(C)C)cc2C([Si](C)(C)C)[Si](C)(C)C)c(C(C)C)c1.CC(C)c1cc(C(C)C)[c]([Sn][c]2c(C([Si](C)(C)C)[Si](C)(C)C)cc(C([Si](C)(C)C)[Si](C)(C)C)cc2C([Si](C)(C)C)[Si](C)(C)C)c(C(C)C)c1.[Se].[Se]. The molecule has 100 heavy (non-hydrogen) atoms. The largest absolute Gasteiger partial charge is 0 e. The van der Waals surface area contributed by atoms with E-state index in [1.807, 2.05) is 36.6 Å². The Bertz CT molecular complexity index is 2850. The zero-order chi connectivity index (χ0) is 77.2. The average molecular weight is 1910 g/mol. The van der Waals surface area contributed by atoms with Gasteiger partial charge in [0.1, 0.15) is 0 Å². The summed E-state index contributed by atoms with van der Waals surface area (Å²) in [4.78, 5) is 0. The molecule has 0 saturated heterocycles. The van der Waals surface area contributed by atoms with Crippen LogP contribution < -0.4 is 14.3 Å². The summed E-state index contributed by atoms with van der Waals surface area (Å²) in [6, 6.07) is 22.4. The Balaban J connectivity index is 0.000000980. The second-order valence-electron chi connectivity index (χ2n) is 46.5. The van der Waals surface area contributed by atoms with Gasteiger partial charge in [-0.05, 0) is 0 Å². The van der Waals surface area contributed by atoms with Gasteiger partial charge in [-0.25, -0.2) is 0 Å². The molecule has 0 aliphatic heterocycles. The summed E-state index contributed by atoms with van der Waals surface area (Å²) in [6.45, 7) is 127. The van der Waals surface area contributed by atoms with Gasteiger partial charge in [0.05, 0.1) is 0 Å². The molecule has 568 valence electrons. The molecule has 0 bridgehead atoms. The van der Waals surface area contributed by atoms with Crippen LogP contribution in [0.1, 0.15) is 216 Å². The first-order valence-corrected chi connectivity index (χ1v) is 88.1. The number of rotatable bonds is 28. The molecule has 0 unspecified atom stereocenters. The van der Waals surface area contributed by atoms with Gasteiger partial charge in [-0.2, -0.15) is 0 Å². The van der Waals surface area contributed by atoms with Crippen molar-refractivity contribution in [1.29, 1.82) is 0 Å². The molecule has 0 aromatic heterocycles. The molecule has 0 atom stereocenters. The summed E-state index contributed by atoms with van der Waals surface area (Å²) in [5, 5.41) is 4.61. The van der Waals surface area contributed by atoms with E-state index >= 15 is 0 Å². The van der Waals surface area contributed by atoms with Crippen molar-refractivity contribution in [2.24, 2.45) is 0 Å². The normalized spacial score (nSPS) is 14.2. The predicted molar refractivity (Wildman–Crippen MR) is 508 cm³/mol. The Hall–Kier alpha value is 2.12. The van der Waals surface area contributed by atoms with Crippen LogP contribution in [0.25, 0.3) is 0 Å². The van der Waals surface area contributed by atoms with Crippen LogP contribution in [0.4, 0.5) is 0 Å². The molecule has 0 amide bonds. The van der Waals surface area contributed by atoms with Crippen molar-refractivity contribution < 1.29 is 0 Å². The van der Waals surface area contributed by atoms with E-state index in [0.29, 0.717) is 35.5 Å². The van der Waals surface area contributed by atoms with E-state index in [1.54, 1.807) is 44.5 Å². The fraction of sp³-hybridized carbons (Fsp3) is 0.714. The van der Waals surface area contributed by atoms with Crippen LogP contribution in [0.2, 0.25) is 236 Å². The molecule has 0 nitrogen and oxygen atoms in total. The fourth-order valence-corrected chi connectivity index (χ4v) is 112. The molecule has 4 aromatic rings. The zero-order valence-electron chi connectivity index (χ0n) is 75.4. The molecule has 0 saturated carbocycles. The standard InChI is InChI=1S/2C27H59Si6.2C15H23.2Se.2Sn/c2*1-28(2,3)25(29(4,5)6)22-19-23(26(30(7,8)9)31(10,11)12)21-24(20-22)27(32(13,14)15)33(16,17)18;2*1-10(2)13-7-14(11(3)4)9-15(8-13)12(5)6;;;;/h2*19-20,25-27H,1-18H3;2*7-8,10-12H,1-6H3;;;;. The van der Waals surface area contributed by atoms with Crippen LogP contribution in [0, 0.1) is 0 Å². The monoisotopic (exact) mass is 1910 g/mol. The summed E-state index contributed by atoms with van der Waals surface area (Å²) in [7, 11) is -18.6. The van der Waals surface area contributed by atoms with Crippen molar-refractivity contribution in [2.45, 2.75) is 385 Å². The van der Waals surface area contributed by atoms with E-state index in [2.05, 4.69) is 367 Å². The minimum absolute atomic E-state index is 0. The summed E-state index contributed by atoms with van der Waals surface area (Å²) in [6.07, 6.45) is 0. The Kier molecular flexibility index (Phi) is 35.9. The van der Waals surface area contributed by atoms with Gasteiger partial charge in [-0.3, -0.25) is 0 Å². The first-order chi connectivity index (χ1) is 43.2. The molecule has 0 aliphatic rings. The maximum Gasteiger partial charge on any atom is 0 e. The molecule has 0 heterocycles. The van der Waals surface area contributed by atoms with E-state index in [0.717, 1.165) is 31.0 Å². The Morgan fingerprint density at radius 1 is 0.170 bits per heavy atom. The minimum atomic E-state index is -1.57. The van der Waals surface area contributed by atoms with E-state index in [4.69, 9.17) is 0 Å². The van der Waals surface area contributed by atoms with Crippen molar-refractivity contribution in [3.63, 3.8) is 0 Å². The Labute approximate surface area is 680 Å². The molecular formula is C84H164Se2Si12Sn2. The van der Waals surface area contributed by atoms with Crippen LogP contribution in [0.3, 0.4) is 0 Å². The summed E-state index contributed by atoms with van der Waals surface area (Å²) in [5.74, 6) is 3.33. The predicted octanol–water partition coefficient (Wildman–Crippen LogP) is 25.7. The van der Waals surface area contributed by atoms with Gasteiger partial charge in [0.2, 0.25) is 0 Å². The van der Waals surface area contributed by atoms with E-state index in [1.165, 1.54) is 0 Å². The fourth-order valence-electron chi connectivity index (χ4n) is 20.9. The molecular weight excluding hydrogens is 1740 g/mol. The summed E-state index contributed by atoms with van der Waals surface area (Å²) < 4.78 is 7.55. The van der Waals surface area contributed by atoms with Crippen molar-refractivity contribution in [1.82, 2.24) is 0 Å². The second-order valence-corrected chi connectivity index (χ2v) is 121. The van der Waals surface area contributed by atoms with Gasteiger partial charge >= 0.3 is 654 Å². The molecule has 0 aliphatic carbocycles. The molecule has 0 spiro atoms. The van der Waals surface area contributed by atoms with Crippen molar-refractivity contribution >= 4 is 188 Å². The second kappa shape index (κ2) is 35.9. The third-order valence-electron chi connectivity index (χ3n) is 21.5. The van der Waals surface area contributed by atoms with E-state index < -0.39 is 139 Å². The molecule has 4 rings (SSSR count). The molecule has 0 fully saturated rings. The Morgan fingerprint density at radius 3 is 0.400 bits per heavy atom. The quantitative estimate of drug-likeness (QED) is 0.0497. The first-order valence-electron chi connectivity index (χ1n) is 39.5. The van der Waals surface area contributed by atoms with Crippen LogP contribution in [0.5, 0.6) is 0 Å². The van der Waals surface area contributed by atoms with Gasteiger partial charge < -0.3 is 0 Å². The summed E-state index contributed by atoms with van der Waals surface area (Å²) in [5.41, 5.74) is 20.9. The first kappa shape index (κ1) is 100. The van der Waals surface area contributed by atoms with E-state index in [-0.39, 0.29) is 34.1 Å². The topological polar surface area (TPSA) is 0 Å².